The minimum atomic E-state index is -3.61. The van der Waals surface area contributed by atoms with E-state index in [-0.39, 0.29) is 29.0 Å². The Balaban J connectivity index is 1.46. The molecule has 1 aliphatic heterocycles. The van der Waals surface area contributed by atoms with Crippen molar-refractivity contribution in [3.8, 4) is 11.3 Å². The monoisotopic (exact) mass is 393 g/mol. The minimum Gasteiger partial charge on any atom is -0.459 e. The number of amides is 1. The molecule has 0 aliphatic carbocycles. The van der Waals surface area contributed by atoms with Crippen molar-refractivity contribution in [3.63, 3.8) is 0 Å². The van der Waals surface area contributed by atoms with Gasteiger partial charge in [0.25, 0.3) is 15.9 Å². The lowest BCUT2D eigenvalue weighted by atomic mass is 10.3. The molecule has 1 saturated heterocycles. The summed E-state index contributed by atoms with van der Waals surface area (Å²) in [5, 5.41) is 5.36. The second kappa shape index (κ2) is 6.71. The molecular weight excluding hydrogens is 378 g/mol. The van der Waals surface area contributed by atoms with E-state index in [0.29, 0.717) is 24.4 Å². The maximum atomic E-state index is 12.8. The quantitative estimate of drug-likeness (QED) is 0.674. The SMILES string of the molecule is O=C(c1ccco1)N1CCN(S(=O)(=O)c2cc(-c3ccno3)cs2)CC1. The number of hydrogen-bond acceptors (Lipinski definition) is 7. The van der Waals surface area contributed by atoms with Gasteiger partial charge in [-0.2, -0.15) is 4.31 Å². The number of carbonyl (C=O) groups is 1. The summed E-state index contributed by atoms with van der Waals surface area (Å²) in [6.45, 7) is 1.12. The van der Waals surface area contributed by atoms with Gasteiger partial charge in [0.1, 0.15) is 4.21 Å². The smallest absolute Gasteiger partial charge is 0.289 e. The minimum absolute atomic E-state index is 0.226. The first-order valence-corrected chi connectivity index (χ1v) is 10.2. The zero-order valence-electron chi connectivity index (χ0n) is 13.6. The summed E-state index contributed by atoms with van der Waals surface area (Å²) < 4.78 is 37.5. The van der Waals surface area contributed by atoms with Crippen LogP contribution in [0.15, 0.2) is 55.3 Å². The van der Waals surface area contributed by atoms with Crippen molar-refractivity contribution in [2.75, 3.05) is 26.2 Å². The predicted octanol–water partition coefficient (Wildman–Crippen LogP) is 2.14. The van der Waals surface area contributed by atoms with Crippen molar-refractivity contribution in [2.24, 2.45) is 0 Å². The fraction of sp³-hybridized carbons (Fsp3) is 0.250. The average molecular weight is 393 g/mol. The molecule has 0 radical (unpaired) electrons. The van der Waals surface area contributed by atoms with E-state index in [0.717, 1.165) is 11.3 Å². The summed E-state index contributed by atoms with van der Waals surface area (Å²) in [6.07, 6.45) is 2.95. The highest BCUT2D eigenvalue weighted by Gasteiger charge is 2.32. The molecule has 0 spiro atoms. The Hall–Kier alpha value is -2.43. The van der Waals surface area contributed by atoms with Crippen molar-refractivity contribution >= 4 is 27.3 Å². The number of hydrogen-bond donors (Lipinski definition) is 0. The second-order valence-electron chi connectivity index (χ2n) is 5.70. The van der Waals surface area contributed by atoms with E-state index < -0.39 is 10.0 Å². The highest BCUT2D eigenvalue weighted by atomic mass is 32.2. The molecule has 3 aromatic heterocycles. The van der Waals surface area contributed by atoms with Gasteiger partial charge >= 0.3 is 0 Å². The highest BCUT2D eigenvalue weighted by Crippen LogP contribution is 2.30. The molecule has 136 valence electrons. The van der Waals surface area contributed by atoms with Crippen LogP contribution >= 0.6 is 11.3 Å². The van der Waals surface area contributed by atoms with Gasteiger partial charge in [-0.3, -0.25) is 4.79 Å². The van der Waals surface area contributed by atoms with Gasteiger partial charge in [-0.1, -0.05) is 5.16 Å². The number of aromatic nitrogens is 1. The van der Waals surface area contributed by atoms with E-state index in [1.807, 2.05) is 0 Å². The first-order chi connectivity index (χ1) is 12.6. The molecular formula is C16H15N3O5S2. The Morgan fingerprint density at radius 3 is 2.65 bits per heavy atom. The van der Waals surface area contributed by atoms with E-state index in [1.54, 1.807) is 34.5 Å². The summed E-state index contributed by atoms with van der Waals surface area (Å²) in [4.78, 5) is 13.9. The van der Waals surface area contributed by atoms with Crippen LogP contribution in [0.2, 0.25) is 0 Å². The van der Waals surface area contributed by atoms with Crippen LogP contribution < -0.4 is 0 Å². The van der Waals surface area contributed by atoms with Gasteiger partial charge in [-0.05, 0) is 18.2 Å². The predicted molar refractivity (Wildman–Crippen MR) is 93.2 cm³/mol. The molecule has 8 nitrogen and oxygen atoms in total. The van der Waals surface area contributed by atoms with Crippen molar-refractivity contribution in [2.45, 2.75) is 4.21 Å². The molecule has 4 rings (SSSR count). The molecule has 0 unspecified atom stereocenters. The highest BCUT2D eigenvalue weighted by molar-refractivity contribution is 7.91. The van der Waals surface area contributed by atoms with Gasteiger partial charge < -0.3 is 13.8 Å². The van der Waals surface area contributed by atoms with Crippen molar-refractivity contribution in [1.82, 2.24) is 14.4 Å². The molecule has 4 heterocycles. The Morgan fingerprint density at radius 2 is 2.00 bits per heavy atom. The van der Waals surface area contributed by atoms with E-state index in [9.17, 15) is 13.2 Å². The Morgan fingerprint density at radius 1 is 1.19 bits per heavy atom. The van der Waals surface area contributed by atoms with Gasteiger partial charge in [0.2, 0.25) is 0 Å². The van der Waals surface area contributed by atoms with Crippen LogP contribution in [0, 0.1) is 0 Å². The zero-order valence-corrected chi connectivity index (χ0v) is 15.2. The molecule has 3 aromatic rings. The summed E-state index contributed by atoms with van der Waals surface area (Å²) in [5.41, 5.74) is 0.678. The number of piperazine rings is 1. The molecule has 26 heavy (non-hydrogen) atoms. The van der Waals surface area contributed by atoms with Gasteiger partial charge in [0.05, 0.1) is 12.5 Å². The number of furan rings is 1. The fourth-order valence-electron chi connectivity index (χ4n) is 2.76. The van der Waals surface area contributed by atoms with Crippen molar-refractivity contribution in [1.29, 1.82) is 0 Å². The van der Waals surface area contributed by atoms with E-state index >= 15 is 0 Å². The zero-order chi connectivity index (χ0) is 18.1. The van der Waals surface area contributed by atoms with Crippen LogP contribution in [0.1, 0.15) is 10.6 Å². The lowest BCUT2D eigenvalue weighted by Crippen LogP contribution is -2.50. The van der Waals surface area contributed by atoms with Crippen LogP contribution in [0.25, 0.3) is 11.3 Å². The Kier molecular flexibility index (Phi) is 4.39. The second-order valence-corrected chi connectivity index (χ2v) is 8.78. The first-order valence-electron chi connectivity index (χ1n) is 7.88. The third-order valence-electron chi connectivity index (χ3n) is 4.15. The largest absolute Gasteiger partial charge is 0.459 e. The molecule has 0 bridgehead atoms. The number of rotatable bonds is 4. The van der Waals surface area contributed by atoms with Gasteiger partial charge in [0, 0.05) is 43.2 Å². The topological polar surface area (TPSA) is 96.9 Å². The molecule has 0 atom stereocenters. The van der Waals surface area contributed by atoms with Crippen LogP contribution in [-0.4, -0.2) is 54.9 Å². The van der Waals surface area contributed by atoms with Gasteiger partial charge in [-0.25, -0.2) is 8.42 Å². The van der Waals surface area contributed by atoms with Crippen LogP contribution in [-0.2, 0) is 10.0 Å². The van der Waals surface area contributed by atoms with E-state index in [2.05, 4.69) is 5.16 Å². The van der Waals surface area contributed by atoms with E-state index in [1.165, 1.54) is 16.8 Å². The van der Waals surface area contributed by atoms with Gasteiger partial charge in [-0.15, -0.1) is 11.3 Å². The maximum Gasteiger partial charge on any atom is 0.289 e. The number of carbonyl (C=O) groups excluding carboxylic acids is 1. The van der Waals surface area contributed by atoms with Gasteiger partial charge in [0.15, 0.2) is 11.5 Å². The summed E-state index contributed by atoms with van der Waals surface area (Å²) in [7, 11) is -3.61. The number of thiophene rings is 1. The number of sulfonamides is 1. The van der Waals surface area contributed by atoms with Crippen LogP contribution in [0.5, 0.6) is 0 Å². The van der Waals surface area contributed by atoms with Crippen molar-refractivity contribution in [3.05, 3.63) is 47.9 Å². The molecule has 1 amide bonds. The summed E-state index contributed by atoms with van der Waals surface area (Å²) >= 11 is 1.14. The van der Waals surface area contributed by atoms with Crippen LogP contribution in [0.3, 0.4) is 0 Å². The molecule has 1 aliphatic rings. The van der Waals surface area contributed by atoms with Crippen LogP contribution in [0.4, 0.5) is 0 Å². The third-order valence-corrected chi connectivity index (χ3v) is 7.46. The molecule has 1 fully saturated rings. The molecule has 0 saturated carbocycles. The average Bonchev–Trinajstić information content (AvgIpc) is 3.43. The lowest BCUT2D eigenvalue weighted by molar-refractivity contribution is 0.0666. The fourth-order valence-corrected chi connectivity index (χ4v) is 5.50. The number of nitrogens with zero attached hydrogens (tertiary/aromatic N) is 3. The summed E-state index contributed by atoms with van der Waals surface area (Å²) in [5.74, 6) is 0.559. The lowest BCUT2D eigenvalue weighted by Gasteiger charge is -2.33. The Labute approximate surface area is 153 Å². The molecule has 0 aromatic carbocycles. The third kappa shape index (κ3) is 3.06. The summed E-state index contributed by atoms with van der Waals surface area (Å²) in [6, 6.07) is 6.51. The molecule has 10 heteroatoms. The normalized spacial score (nSPS) is 16.1. The molecule has 0 N–H and O–H groups in total. The first kappa shape index (κ1) is 17.0. The van der Waals surface area contributed by atoms with Crippen molar-refractivity contribution < 1.29 is 22.2 Å². The maximum absolute atomic E-state index is 12.8. The standard InChI is InChI=1S/C16H15N3O5S2/c20-16(14-2-1-9-23-14)18-5-7-19(8-6-18)26(21,22)15-10-12(11-25-15)13-3-4-17-24-13/h1-4,9-11H,5-8H2. The van der Waals surface area contributed by atoms with E-state index in [4.69, 9.17) is 8.94 Å². The Bertz CT molecular complexity index is 985.